The number of rotatable bonds is 8. The summed E-state index contributed by atoms with van der Waals surface area (Å²) in [6.07, 6.45) is 3.64. The number of allylic oxidation sites excluding steroid dienone is 2. The predicted octanol–water partition coefficient (Wildman–Crippen LogP) is 5.67. The van der Waals surface area contributed by atoms with Crippen LogP contribution in [0.4, 0.5) is 0 Å². The molecular formula is C34H36N4O6. The minimum absolute atomic E-state index is 0.0684. The molecule has 3 aromatic heterocycles. The second kappa shape index (κ2) is 11.7. The van der Waals surface area contributed by atoms with Crippen molar-refractivity contribution < 1.29 is 30.0 Å². The smallest absolute Gasteiger partial charge is 0.303 e. The number of hydrogen-bond donors (Lipinski definition) is 6. The predicted molar refractivity (Wildman–Crippen MR) is 171 cm³/mol. The Morgan fingerprint density at radius 2 is 1.48 bits per heavy atom. The second-order valence-corrected chi connectivity index (χ2v) is 11.4. The summed E-state index contributed by atoms with van der Waals surface area (Å²) >= 11 is 0. The number of aliphatic hydroxyl groups is 2. The van der Waals surface area contributed by atoms with Gasteiger partial charge in [-0.05, 0) is 92.6 Å². The first-order valence-electron chi connectivity index (χ1n) is 14.4. The minimum Gasteiger partial charge on any atom is -0.481 e. The molecule has 0 aromatic carbocycles. The van der Waals surface area contributed by atoms with Crippen LogP contribution in [0.5, 0.6) is 0 Å². The molecule has 1 unspecified atom stereocenters. The molecule has 5 rings (SSSR count). The molecular weight excluding hydrogens is 560 g/mol. The van der Waals surface area contributed by atoms with Gasteiger partial charge in [-0.2, -0.15) is 0 Å². The van der Waals surface area contributed by atoms with Crippen LogP contribution in [0.15, 0.2) is 36.9 Å². The number of H-pyrrole nitrogens is 2. The van der Waals surface area contributed by atoms with E-state index < -0.39 is 17.5 Å². The highest BCUT2D eigenvalue weighted by molar-refractivity contribution is 5.94. The molecule has 0 radical (unpaired) electrons. The minimum atomic E-state index is -1.51. The average molecular weight is 597 g/mol. The lowest BCUT2D eigenvalue weighted by Gasteiger charge is -2.18. The number of aromatic nitrogens is 4. The number of aromatic amines is 2. The third kappa shape index (κ3) is 5.49. The number of hydrogen-bond acceptors (Lipinski definition) is 6. The van der Waals surface area contributed by atoms with Gasteiger partial charge in [0, 0.05) is 46.0 Å². The van der Waals surface area contributed by atoms with Crippen molar-refractivity contribution in [2.24, 2.45) is 0 Å². The quantitative estimate of drug-likeness (QED) is 0.193. The number of aryl methyl sites for hydroxylation is 3. The molecule has 6 N–H and O–H groups in total. The van der Waals surface area contributed by atoms with Crippen LogP contribution in [0.25, 0.3) is 44.9 Å². The van der Waals surface area contributed by atoms with Gasteiger partial charge in [-0.3, -0.25) is 9.59 Å². The summed E-state index contributed by atoms with van der Waals surface area (Å²) in [5.74, 6) is -1.84. The maximum absolute atomic E-state index is 11.7. The van der Waals surface area contributed by atoms with Crippen molar-refractivity contribution in [3.8, 4) is 0 Å². The maximum Gasteiger partial charge on any atom is 0.303 e. The van der Waals surface area contributed by atoms with E-state index in [4.69, 9.17) is 9.97 Å². The topological polar surface area (TPSA) is 172 Å². The van der Waals surface area contributed by atoms with Gasteiger partial charge in [0.2, 0.25) is 0 Å². The average Bonchev–Trinajstić information content (AvgIpc) is 3.59. The Labute approximate surface area is 254 Å². The van der Waals surface area contributed by atoms with Gasteiger partial charge in [-0.15, -0.1) is 0 Å². The normalized spacial score (nSPS) is 17.4. The Kier molecular flexibility index (Phi) is 8.15. The van der Waals surface area contributed by atoms with Crippen molar-refractivity contribution in [1.82, 2.24) is 19.9 Å². The number of carboxylic acids is 2. The summed E-state index contributed by atoms with van der Waals surface area (Å²) < 4.78 is 0. The highest BCUT2D eigenvalue weighted by Crippen LogP contribution is 2.40. The third-order valence-electron chi connectivity index (χ3n) is 8.55. The Bertz CT molecular complexity index is 1940. The largest absolute Gasteiger partial charge is 0.481 e. The number of carbonyl (C=O) groups is 2. The van der Waals surface area contributed by atoms with E-state index in [-0.39, 0.29) is 32.3 Å². The van der Waals surface area contributed by atoms with E-state index in [0.29, 0.717) is 44.9 Å². The van der Waals surface area contributed by atoms with Crippen molar-refractivity contribution in [1.29, 1.82) is 0 Å². The highest BCUT2D eigenvalue weighted by atomic mass is 16.4. The van der Waals surface area contributed by atoms with Crippen molar-refractivity contribution in [2.45, 2.75) is 59.0 Å². The lowest BCUT2D eigenvalue weighted by Crippen LogP contribution is -2.19. The first-order valence-corrected chi connectivity index (χ1v) is 14.4. The number of aliphatic hydroxyl groups excluding tert-OH is 1. The van der Waals surface area contributed by atoms with Crippen LogP contribution >= 0.6 is 0 Å². The van der Waals surface area contributed by atoms with Gasteiger partial charge in [0.25, 0.3) is 0 Å². The Morgan fingerprint density at radius 3 is 2.14 bits per heavy atom. The van der Waals surface area contributed by atoms with Gasteiger partial charge >= 0.3 is 11.9 Å². The zero-order chi connectivity index (χ0) is 31.9. The maximum atomic E-state index is 11.7. The van der Waals surface area contributed by atoms with E-state index in [1.807, 2.05) is 32.9 Å². The first kappa shape index (κ1) is 30.7. The van der Waals surface area contributed by atoms with Crippen LogP contribution < -0.4 is 0 Å². The molecule has 0 amide bonds. The lowest BCUT2D eigenvalue weighted by atomic mass is 9.92. The highest BCUT2D eigenvalue weighted by Gasteiger charge is 2.36. The molecule has 5 heterocycles. The van der Waals surface area contributed by atoms with E-state index in [1.165, 1.54) is 6.08 Å². The van der Waals surface area contributed by atoms with Gasteiger partial charge in [-0.25, -0.2) is 9.97 Å². The molecule has 0 aliphatic carbocycles. The SMILES string of the molecule is C=Cc1c(C)c2cc3nc(cc4[nH]c(cc5nc(cc1[nH]2)C(C)(O)/C5=C\CO)c(C)c4CCC(=O)O)C(CCC(=O)O)=C3C. The van der Waals surface area contributed by atoms with Crippen molar-refractivity contribution in [3.63, 3.8) is 0 Å². The van der Waals surface area contributed by atoms with E-state index >= 15 is 0 Å². The summed E-state index contributed by atoms with van der Waals surface area (Å²) in [6, 6.07) is 7.32. The number of carboxylic acid groups (broad SMARTS) is 2. The van der Waals surface area contributed by atoms with Crippen molar-refractivity contribution >= 4 is 56.8 Å². The van der Waals surface area contributed by atoms with Crippen LogP contribution in [0.3, 0.4) is 0 Å². The monoisotopic (exact) mass is 596 g/mol. The molecule has 10 heteroatoms. The van der Waals surface area contributed by atoms with Crippen LogP contribution in [0.2, 0.25) is 0 Å². The van der Waals surface area contributed by atoms with E-state index in [2.05, 4.69) is 16.5 Å². The molecule has 1 atom stereocenters. The molecule has 0 spiro atoms. The van der Waals surface area contributed by atoms with E-state index in [9.17, 15) is 30.0 Å². The summed E-state index contributed by atoms with van der Waals surface area (Å²) in [6.45, 7) is 11.1. The van der Waals surface area contributed by atoms with E-state index in [1.54, 1.807) is 25.1 Å². The molecule has 2 aliphatic heterocycles. The van der Waals surface area contributed by atoms with Crippen LogP contribution in [-0.4, -0.2) is 58.9 Å². The first-order chi connectivity index (χ1) is 20.8. The van der Waals surface area contributed by atoms with Gasteiger partial charge in [0.05, 0.1) is 29.4 Å². The van der Waals surface area contributed by atoms with Gasteiger partial charge < -0.3 is 30.4 Å². The van der Waals surface area contributed by atoms with Gasteiger partial charge in [0.15, 0.2) is 0 Å². The Morgan fingerprint density at radius 1 is 0.864 bits per heavy atom. The number of nitrogens with one attached hydrogen (secondary N) is 2. The summed E-state index contributed by atoms with van der Waals surface area (Å²) in [7, 11) is 0. The number of fused-ring (bicyclic) bond motifs is 8. The van der Waals surface area contributed by atoms with Gasteiger partial charge in [-0.1, -0.05) is 18.7 Å². The molecule has 0 saturated heterocycles. The van der Waals surface area contributed by atoms with E-state index in [0.717, 1.165) is 38.9 Å². The molecule has 2 aliphatic rings. The van der Waals surface area contributed by atoms with Crippen LogP contribution in [-0.2, 0) is 21.6 Å². The van der Waals surface area contributed by atoms with Crippen molar-refractivity contribution in [2.75, 3.05) is 6.61 Å². The Hall–Kier alpha value is -4.80. The van der Waals surface area contributed by atoms with Gasteiger partial charge in [0.1, 0.15) is 5.60 Å². The summed E-state index contributed by atoms with van der Waals surface area (Å²) in [5, 5.41) is 40.4. The third-order valence-corrected chi connectivity index (χ3v) is 8.55. The lowest BCUT2D eigenvalue weighted by molar-refractivity contribution is -0.137. The van der Waals surface area contributed by atoms with Crippen molar-refractivity contribution in [3.05, 3.63) is 81.9 Å². The fourth-order valence-electron chi connectivity index (χ4n) is 6.02. The molecule has 3 aromatic rings. The zero-order valence-corrected chi connectivity index (χ0v) is 25.2. The molecule has 8 bridgehead atoms. The Balaban J connectivity index is 1.96. The zero-order valence-electron chi connectivity index (χ0n) is 25.2. The standard InChI is InChI=1S/C34H36N4O6/c1-6-20-17(2)24-13-25-18(3)21(7-9-32(40)41)27(35-25)15-28-22(8-10-33(42)43)19(4)26(36-28)14-30-23(11-12-39)34(5,44)31(38-30)16-29(20)37-24/h6,11,13-16,36-37,39,44H,1,7-10,12H2,2-5H3,(H,40,41)(H,42,43)/b23-11-,24-13?,25-13?,26-14?,27-15?,28-15?,29-16?,30-14?,31-16?. The number of nitrogens with zero attached hydrogens (tertiary/aromatic N) is 2. The molecule has 10 nitrogen and oxygen atoms in total. The molecule has 0 fully saturated rings. The summed E-state index contributed by atoms with van der Waals surface area (Å²) in [4.78, 5) is 39.7. The fraction of sp³-hybridized carbons (Fsp3) is 0.294. The van der Waals surface area contributed by atoms with Crippen LogP contribution in [0, 0.1) is 13.8 Å². The second-order valence-electron chi connectivity index (χ2n) is 11.4. The molecule has 44 heavy (non-hydrogen) atoms. The molecule has 228 valence electrons. The number of aliphatic carboxylic acids is 2. The molecule has 0 saturated carbocycles. The summed E-state index contributed by atoms with van der Waals surface area (Å²) in [5.41, 5.74) is 8.79. The van der Waals surface area contributed by atoms with Crippen LogP contribution in [0.1, 0.15) is 78.1 Å². The fourth-order valence-corrected chi connectivity index (χ4v) is 6.02.